The number of rotatable bonds is 3. The fraction of sp³-hybridized carbons (Fsp3) is 0.923. The number of carbonyl (C=O) groups is 1. The number of amides is 1. The first kappa shape index (κ1) is 13.8. The molecule has 1 N–H and O–H groups in total. The molecule has 2 aliphatic heterocycles. The van der Waals surface area contributed by atoms with Gasteiger partial charge in [0.05, 0.1) is 12.6 Å². The van der Waals surface area contributed by atoms with Crippen LogP contribution in [0.1, 0.15) is 19.8 Å². The molecule has 2 fully saturated rings. The van der Waals surface area contributed by atoms with Crippen LogP contribution in [0.15, 0.2) is 0 Å². The monoisotopic (exact) mass is 255 g/mol. The number of likely N-dealkylation sites (N-methyl/N-ethyl adjacent to an activating group) is 1. The summed E-state index contributed by atoms with van der Waals surface area (Å²) >= 11 is 0. The Balaban J connectivity index is 1.82. The maximum Gasteiger partial charge on any atom is 0.236 e. The summed E-state index contributed by atoms with van der Waals surface area (Å²) in [6.45, 7) is 7.08. The second-order valence-corrected chi connectivity index (χ2v) is 5.33. The van der Waals surface area contributed by atoms with E-state index in [2.05, 4.69) is 17.1 Å². The van der Waals surface area contributed by atoms with Crippen molar-refractivity contribution in [3.8, 4) is 0 Å². The average molecular weight is 255 g/mol. The lowest BCUT2D eigenvalue weighted by Crippen LogP contribution is -2.45. The van der Waals surface area contributed by atoms with Gasteiger partial charge in [-0.3, -0.25) is 9.69 Å². The zero-order chi connectivity index (χ0) is 13.0. The number of carbonyl (C=O) groups excluding carboxylic acids is 1. The topological polar surface area (TPSA) is 44.8 Å². The summed E-state index contributed by atoms with van der Waals surface area (Å²) in [7, 11) is 2.03. The molecule has 18 heavy (non-hydrogen) atoms. The lowest BCUT2D eigenvalue weighted by Gasteiger charge is -2.29. The Hall–Kier alpha value is -0.650. The Morgan fingerprint density at radius 3 is 3.00 bits per heavy atom. The van der Waals surface area contributed by atoms with E-state index in [9.17, 15) is 4.79 Å². The lowest BCUT2D eigenvalue weighted by molar-refractivity contribution is -0.132. The zero-order valence-corrected chi connectivity index (χ0v) is 11.5. The molecule has 2 heterocycles. The Morgan fingerprint density at radius 1 is 1.44 bits per heavy atom. The van der Waals surface area contributed by atoms with Crippen LogP contribution in [0, 0.1) is 0 Å². The van der Waals surface area contributed by atoms with E-state index < -0.39 is 0 Å². The van der Waals surface area contributed by atoms with Crippen LogP contribution < -0.4 is 5.32 Å². The van der Waals surface area contributed by atoms with Crippen LogP contribution in [0.2, 0.25) is 0 Å². The highest BCUT2D eigenvalue weighted by atomic mass is 16.5. The number of hydrogen-bond donors (Lipinski definition) is 1. The molecule has 2 aliphatic rings. The van der Waals surface area contributed by atoms with E-state index in [1.165, 1.54) is 0 Å². The van der Waals surface area contributed by atoms with Crippen molar-refractivity contribution in [2.24, 2.45) is 0 Å². The van der Waals surface area contributed by atoms with Crippen LogP contribution in [-0.2, 0) is 9.53 Å². The maximum atomic E-state index is 12.2. The quantitative estimate of drug-likeness (QED) is 0.766. The summed E-state index contributed by atoms with van der Waals surface area (Å²) in [6.07, 6.45) is 2.33. The van der Waals surface area contributed by atoms with Gasteiger partial charge in [-0.15, -0.1) is 0 Å². The largest absolute Gasteiger partial charge is 0.377 e. The van der Waals surface area contributed by atoms with E-state index in [1.54, 1.807) is 0 Å². The standard InChI is InChI=1S/C13H25N3O2/c1-11-12(4-9-18-11)15(2)10-13(17)16-7-3-5-14-6-8-16/h11-12,14H,3-10H2,1-2H3. The van der Waals surface area contributed by atoms with Gasteiger partial charge in [-0.1, -0.05) is 0 Å². The molecule has 1 amide bonds. The second-order valence-electron chi connectivity index (χ2n) is 5.33. The molecule has 5 nitrogen and oxygen atoms in total. The molecule has 0 aliphatic carbocycles. The summed E-state index contributed by atoms with van der Waals surface area (Å²) in [6, 6.07) is 0.388. The molecule has 2 rings (SSSR count). The molecular formula is C13H25N3O2. The highest BCUT2D eigenvalue weighted by Crippen LogP contribution is 2.18. The normalized spacial score (nSPS) is 29.6. The molecule has 0 aromatic rings. The molecular weight excluding hydrogens is 230 g/mol. The smallest absolute Gasteiger partial charge is 0.236 e. The van der Waals surface area contributed by atoms with Crippen molar-refractivity contribution in [1.29, 1.82) is 0 Å². The Bertz CT molecular complexity index is 277. The minimum atomic E-state index is 0.244. The van der Waals surface area contributed by atoms with Gasteiger partial charge in [-0.05, 0) is 33.4 Å². The zero-order valence-electron chi connectivity index (χ0n) is 11.5. The molecule has 0 saturated carbocycles. The predicted octanol–water partition coefficient (Wildman–Crippen LogP) is -0.0825. The first-order valence-corrected chi connectivity index (χ1v) is 6.99. The van der Waals surface area contributed by atoms with Crippen LogP contribution in [-0.4, -0.2) is 74.2 Å². The number of ether oxygens (including phenoxy) is 1. The highest BCUT2D eigenvalue weighted by molar-refractivity contribution is 5.78. The third-order valence-electron chi connectivity index (χ3n) is 3.98. The molecule has 2 saturated heterocycles. The summed E-state index contributed by atoms with van der Waals surface area (Å²) in [5, 5.41) is 3.32. The molecule has 0 bridgehead atoms. The number of nitrogens with zero attached hydrogens (tertiary/aromatic N) is 2. The van der Waals surface area contributed by atoms with Crippen LogP contribution >= 0.6 is 0 Å². The minimum Gasteiger partial charge on any atom is -0.377 e. The van der Waals surface area contributed by atoms with Crippen molar-refractivity contribution in [1.82, 2.24) is 15.1 Å². The van der Waals surface area contributed by atoms with E-state index in [0.717, 1.165) is 45.6 Å². The van der Waals surface area contributed by atoms with Gasteiger partial charge in [0.15, 0.2) is 0 Å². The Labute approximate surface area is 109 Å². The van der Waals surface area contributed by atoms with Crippen LogP contribution in [0.3, 0.4) is 0 Å². The van der Waals surface area contributed by atoms with Crippen molar-refractivity contribution in [2.75, 3.05) is 46.4 Å². The molecule has 2 unspecified atom stereocenters. The molecule has 5 heteroatoms. The van der Waals surface area contributed by atoms with E-state index in [0.29, 0.717) is 12.6 Å². The van der Waals surface area contributed by atoms with Gasteiger partial charge >= 0.3 is 0 Å². The molecule has 0 spiro atoms. The van der Waals surface area contributed by atoms with Crippen molar-refractivity contribution >= 4 is 5.91 Å². The van der Waals surface area contributed by atoms with E-state index >= 15 is 0 Å². The second kappa shape index (κ2) is 6.50. The molecule has 0 aromatic heterocycles. The maximum absolute atomic E-state index is 12.2. The lowest BCUT2D eigenvalue weighted by atomic mass is 10.1. The first-order valence-electron chi connectivity index (χ1n) is 6.99. The molecule has 0 aromatic carbocycles. The van der Waals surface area contributed by atoms with Crippen LogP contribution in [0.5, 0.6) is 0 Å². The summed E-state index contributed by atoms with van der Waals surface area (Å²) in [5.74, 6) is 0.250. The highest BCUT2D eigenvalue weighted by Gasteiger charge is 2.29. The number of hydrogen-bond acceptors (Lipinski definition) is 4. The van der Waals surface area contributed by atoms with Gasteiger partial charge in [0, 0.05) is 32.3 Å². The van der Waals surface area contributed by atoms with Gasteiger partial charge < -0.3 is 15.0 Å². The SMILES string of the molecule is CC1OCCC1N(C)CC(=O)N1CCCNCC1. The summed E-state index contributed by atoms with van der Waals surface area (Å²) in [5.41, 5.74) is 0. The fourth-order valence-electron chi connectivity index (χ4n) is 2.82. The molecule has 0 radical (unpaired) electrons. The van der Waals surface area contributed by atoms with Crippen molar-refractivity contribution in [2.45, 2.75) is 31.9 Å². The van der Waals surface area contributed by atoms with Crippen LogP contribution in [0.25, 0.3) is 0 Å². The van der Waals surface area contributed by atoms with E-state index in [4.69, 9.17) is 4.74 Å². The minimum absolute atomic E-state index is 0.244. The van der Waals surface area contributed by atoms with Gasteiger partial charge in [-0.25, -0.2) is 0 Å². The van der Waals surface area contributed by atoms with E-state index in [-0.39, 0.29) is 12.0 Å². The van der Waals surface area contributed by atoms with Crippen LogP contribution in [0.4, 0.5) is 0 Å². The molecule has 2 atom stereocenters. The number of nitrogens with one attached hydrogen (secondary N) is 1. The molecule has 104 valence electrons. The van der Waals surface area contributed by atoms with Gasteiger partial charge in [-0.2, -0.15) is 0 Å². The first-order chi connectivity index (χ1) is 8.68. The summed E-state index contributed by atoms with van der Waals surface area (Å²) in [4.78, 5) is 16.4. The van der Waals surface area contributed by atoms with Gasteiger partial charge in [0.2, 0.25) is 5.91 Å². The van der Waals surface area contributed by atoms with E-state index in [1.807, 2.05) is 11.9 Å². The van der Waals surface area contributed by atoms with Gasteiger partial charge in [0.25, 0.3) is 0 Å². The third kappa shape index (κ3) is 3.43. The van der Waals surface area contributed by atoms with Crippen molar-refractivity contribution < 1.29 is 9.53 Å². The Kier molecular flexibility index (Phi) is 4.97. The predicted molar refractivity (Wildman–Crippen MR) is 70.5 cm³/mol. The van der Waals surface area contributed by atoms with Crippen molar-refractivity contribution in [3.05, 3.63) is 0 Å². The van der Waals surface area contributed by atoms with Gasteiger partial charge in [0.1, 0.15) is 0 Å². The van der Waals surface area contributed by atoms with Crippen molar-refractivity contribution in [3.63, 3.8) is 0 Å². The fourth-order valence-corrected chi connectivity index (χ4v) is 2.82. The summed E-state index contributed by atoms with van der Waals surface area (Å²) < 4.78 is 5.56. The third-order valence-corrected chi connectivity index (χ3v) is 3.98. The average Bonchev–Trinajstić information content (AvgIpc) is 2.63. The Morgan fingerprint density at radius 2 is 2.28 bits per heavy atom.